The molecule has 128 valence electrons. The lowest BCUT2D eigenvalue weighted by molar-refractivity contribution is -0.118. The van der Waals surface area contributed by atoms with Gasteiger partial charge in [-0.25, -0.2) is 0 Å². The molecule has 0 fully saturated rings. The van der Waals surface area contributed by atoms with Crippen LogP contribution >= 0.6 is 11.8 Å². The van der Waals surface area contributed by atoms with Crippen LogP contribution in [0.2, 0.25) is 0 Å². The van der Waals surface area contributed by atoms with E-state index >= 15 is 0 Å². The first-order valence-corrected chi connectivity index (χ1v) is 8.84. The molecule has 1 heterocycles. The van der Waals surface area contributed by atoms with E-state index in [-0.39, 0.29) is 18.5 Å². The van der Waals surface area contributed by atoms with Crippen molar-refractivity contribution in [1.82, 2.24) is 10.2 Å². The predicted octanol–water partition coefficient (Wildman–Crippen LogP) is 3.78. The molecule has 2 aromatic carbocycles. The maximum atomic E-state index is 11.9. The van der Waals surface area contributed by atoms with Crippen molar-refractivity contribution in [3.8, 4) is 17.2 Å². The summed E-state index contributed by atoms with van der Waals surface area (Å²) >= 11 is 1.65. The van der Waals surface area contributed by atoms with E-state index in [1.165, 1.54) is 0 Å². The number of amides is 1. The van der Waals surface area contributed by atoms with Gasteiger partial charge in [-0.1, -0.05) is 22.8 Å². The molecule has 7 heteroatoms. The maximum Gasteiger partial charge on any atom is 0.322 e. The van der Waals surface area contributed by atoms with E-state index in [0.717, 1.165) is 16.0 Å². The lowest BCUT2D eigenvalue weighted by Gasteiger charge is -2.05. The van der Waals surface area contributed by atoms with E-state index in [1.807, 2.05) is 61.7 Å². The van der Waals surface area contributed by atoms with E-state index in [9.17, 15) is 4.79 Å². The summed E-state index contributed by atoms with van der Waals surface area (Å²) in [6, 6.07) is 15.2. The summed E-state index contributed by atoms with van der Waals surface area (Å²) < 4.78 is 10.9. The van der Waals surface area contributed by atoms with Crippen LogP contribution in [-0.4, -0.2) is 29.0 Å². The normalized spacial score (nSPS) is 10.5. The van der Waals surface area contributed by atoms with Gasteiger partial charge in [0.15, 0.2) is 6.61 Å². The fraction of sp³-hybridized carbons (Fsp3) is 0.167. The number of nitrogens with one attached hydrogen (secondary N) is 1. The van der Waals surface area contributed by atoms with Crippen molar-refractivity contribution < 1.29 is 13.9 Å². The summed E-state index contributed by atoms with van der Waals surface area (Å²) in [7, 11) is 0. The zero-order chi connectivity index (χ0) is 17.6. The molecule has 0 bridgehead atoms. The molecule has 3 aromatic rings. The van der Waals surface area contributed by atoms with E-state index in [1.54, 1.807) is 11.8 Å². The number of carbonyl (C=O) groups excluding carboxylic acids is 1. The Kier molecular flexibility index (Phi) is 5.35. The topological polar surface area (TPSA) is 77.2 Å². The number of anilines is 1. The first-order chi connectivity index (χ1) is 12.1. The van der Waals surface area contributed by atoms with Crippen molar-refractivity contribution in [2.75, 3.05) is 18.2 Å². The number of ether oxygens (including phenoxy) is 1. The summed E-state index contributed by atoms with van der Waals surface area (Å²) in [5.74, 6) is 0.608. The predicted molar refractivity (Wildman–Crippen MR) is 96.8 cm³/mol. The SMILES string of the molecule is CSc1ccc(-c2nnc(NC(=O)COc3ccc(C)cc3)o2)cc1. The molecule has 0 aliphatic rings. The van der Waals surface area contributed by atoms with E-state index in [0.29, 0.717) is 11.6 Å². The highest BCUT2D eigenvalue weighted by atomic mass is 32.2. The van der Waals surface area contributed by atoms with Gasteiger partial charge in [0.1, 0.15) is 5.75 Å². The molecule has 1 aromatic heterocycles. The van der Waals surface area contributed by atoms with Gasteiger partial charge in [0.2, 0.25) is 5.89 Å². The number of aryl methyl sites for hydroxylation is 1. The lowest BCUT2D eigenvalue weighted by atomic mass is 10.2. The van der Waals surface area contributed by atoms with Gasteiger partial charge >= 0.3 is 6.01 Å². The summed E-state index contributed by atoms with van der Waals surface area (Å²) in [4.78, 5) is 13.1. The molecule has 6 nitrogen and oxygen atoms in total. The second-order valence-electron chi connectivity index (χ2n) is 5.29. The molecule has 0 atom stereocenters. The summed E-state index contributed by atoms with van der Waals surface area (Å²) in [6.07, 6.45) is 2.01. The van der Waals surface area contributed by atoms with E-state index in [4.69, 9.17) is 9.15 Å². The van der Waals surface area contributed by atoms with Gasteiger partial charge in [-0.2, -0.15) is 0 Å². The highest BCUT2D eigenvalue weighted by Gasteiger charge is 2.12. The molecule has 0 unspecified atom stereocenters. The van der Waals surface area contributed by atoms with Crippen molar-refractivity contribution in [1.29, 1.82) is 0 Å². The van der Waals surface area contributed by atoms with Gasteiger partial charge < -0.3 is 9.15 Å². The number of nitrogens with zero attached hydrogens (tertiary/aromatic N) is 2. The van der Waals surface area contributed by atoms with Crippen LogP contribution in [0.3, 0.4) is 0 Å². The summed E-state index contributed by atoms with van der Waals surface area (Å²) in [6.45, 7) is 1.85. The molecular formula is C18H17N3O3S. The smallest absolute Gasteiger partial charge is 0.322 e. The molecule has 0 aliphatic carbocycles. The van der Waals surface area contributed by atoms with Crippen molar-refractivity contribution >= 4 is 23.7 Å². The second kappa shape index (κ2) is 7.85. The van der Waals surface area contributed by atoms with Crippen LogP contribution in [0.4, 0.5) is 6.01 Å². The van der Waals surface area contributed by atoms with E-state index < -0.39 is 0 Å². The monoisotopic (exact) mass is 355 g/mol. The van der Waals surface area contributed by atoms with Gasteiger partial charge in [-0.15, -0.1) is 16.9 Å². The van der Waals surface area contributed by atoms with E-state index in [2.05, 4.69) is 15.5 Å². The van der Waals surface area contributed by atoms with Crippen LogP contribution in [0.1, 0.15) is 5.56 Å². The minimum absolute atomic E-state index is 0.0430. The van der Waals surface area contributed by atoms with Crippen molar-refractivity contribution in [2.24, 2.45) is 0 Å². The third-order valence-corrected chi connectivity index (χ3v) is 4.14. The average Bonchev–Trinajstić information content (AvgIpc) is 3.10. The average molecular weight is 355 g/mol. The summed E-state index contributed by atoms with van der Waals surface area (Å²) in [5.41, 5.74) is 1.92. The maximum absolute atomic E-state index is 11.9. The molecule has 1 amide bonds. The van der Waals surface area contributed by atoms with Gasteiger partial charge in [0.05, 0.1) is 0 Å². The number of benzene rings is 2. The second-order valence-corrected chi connectivity index (χ2v) is 6.17. The number of hydrogen-bond acceptors (Lipinski definition) is 6. The third-order valence-electron chi connectivity index (χ3n) is 3.40. The first kappa shape index (κ1) is 17.0. The van der Waals surface area contributed by atoms with Crippen LogP contribution in [-0.2, 0) is 4.79 Å². The van der Waals surface area contributed by atoms with Crippen LogP contribution in [0.25, 0.3) is 11.5 Å². The zero-order valence-electron chi connectivity index (χ0n) is 13.9. The Bertz CT molecular complexity index is 845. The molecule has 3 rings (SSSR count). The van der Waals surface area contributed by atoms with Crippen molar-refractivity contribution in [2.45, 2.75) is 11.8 Å². The standard InChI is InChI=1S/C18H17N3O3S/c1-12-3-7-14(8-4-12)23-11-16(22)19-18-21-20-17(24-18)13-5-9-15(25-2)10-6-13/h3-10H,11H2,1-2H3,(H,19,21,22). The molecular weight excluding hydrogens is 338 g/mol. The largest absolute Gasteiger partial charge is 0.484 e. The quantitative estimate of drug-likeness (QED) is 0.678. The van der Waals surface area contributed by atoms with Crippen LogP contribution < -0.4 is 10.1 Å². The highest BCUT2D eigenvalue weighted by Crippen LogP contribution is 2.23. The molecule has 0 spiro atoms. The van der Waals surface area contributed by atoms with Gasteiger partial charge in [0.25, 0.3) is 5.91 Å². The Balaban J connectivity index is 1.56. The molecule has 1 N–H and O–H groups in total. The van der Waals surface area contributed by atoms with Crippen molar-refractivity contribution in [3.63, 3.8) is 0 Å². The Labute approximate surface area is 149 Å². The minimum Gasteiger partial charge on any atom is -0.484 e. The Morgan fingerprint density at radius 1 is 1.12 bits per heavy atom. The minimum atomic E-state index is -0.367. The molecule has 0 saturated carbocycles. The van der Waals surface area contributed by atoms with Gasteiger partial charge in [-0.3, -0.25) is 10.1 Å². The van der Waals surface area contributed by atoms with Gasteiger partial charge in [0, 0.05) is 10.5 Å². The molecule has 0 aliphatic heterocycles. The lowest BCUT2D eigenvalue weighted by Crippen LogP contribution is -2.20. The molecule has 25 heavy (non-hydrogen) atoms. The van der Waals surface area contributed by atoms with Crippen LogP contribution in [0, 0.1) is 6.92 Å². The fourth-order valence-corrected chi connectivity index (χ4v) is 2.47. The van der Waals surface area contributed by atoms with Crippen LogP contribution in [0.15, 0.2) is 57.8 Å². The number of hydrogen-bond donors (Lipinski definition) is 1. The fourth-order valence-electron chi connectivity index (χ4n) is 2.06. The first-order valence-electron chi connectivity index (χ1n) is 7.61. The number of rotatable bonds is 6. The van der Waals surface area contributed by atoms with Gasteiger partial charge in [-0.05, 0) is 49.6 Å². The summed E-state index contributed by atoms with van der Waals surface area (Å²) in [5, 5.41) is 10.3. The number of aromatic nitrogens is 2. The molecule has 0 radical (unpaired) electrons. The highest BCUT2D eigenvalue weighted by molar-refractivity contribution is 7.98. The molecule has 0 saturated heterocycles. The Hall–Kier alpha value is -2.80. The number of thioether (sulfide) groups is 1. The Morgan fingerprint density at radius 3 is 2.52 bits per heavy atom. The third kappa shape index (κ3) is 4.60. The van der Waals surface area contributed by atoms with Crippen LogP contribution in [0.5, 0.6) is 5.75 Å². The zero-order valence-corrected chi connectivity index (χ0v) is 14.7. The number of carbonyl (C=O) groups is 1. The van der Waals surface area contributed by atoms with Crippen molar-refractivity contribution in [3.05, 3.63) is 54.1 Å². The Morgan fingerprint density at radius 2 is 1.84 bits per heavy atom.